The minimum atomic E-state index is -4.13. The zero-order chi connectivity index (χ0) is 31.2. The summed E-state index contributed by atoms with van der Waals surface area (Å²) in [5.41, 5.74) is 0.813. The normalized spacial score (nSPS) is 23.0. The maximum absolute atomic E-state index is 15.3. The summed E-state index contributed by atoms with van der Waals surface area (Å²) < 4.78 is 65.6. The molecule has 4 atom stereocenters. The van der Waals surface area contributed by atoms with Gasteiger partial charge in [0.1, 0.15) is 17.9 Å². The van der Waals surface area contributed by atoms with E-state index in [4.69, 9.17) is 27.9 Å². The van der Waals surface area contributed by atoms with E-state index in [0.717, 1.165) is 34.8 Å². The van der Waals surface area contributed by atoms with Crippen LogP contribution in [0.15, 0.2) is 79.4 Å². The van der Waals surface area contributed by atoms with E-state index in [0.29, 0.717) is 28.5 Å². The zero-order valence-corrected chi connectivity index (χ0v) is 26.1. The third kappa shape index (κ3) is 6.12. The van der Waals surface area contributed by atoms with Crippen LogP contribution in [-0.2, 0) is 19.6 Å². The Balaban J connectivity index is 1.51. The highest BCUT2D eigenvalue weighted by Crippen LogP contribution is 2.49. The summed E-state index contributed by atoms with van der Waals surface area (Å²) in [4.78, 5) is 16.1. The number of ether oxygens (including phenoxy) is 1. The number of benzene rings is 3. The number of hydrogen-bond acceptors (Lipinski definition) is 4. The van der Waals surface area contributed by atoms with E-state index < -0.39 is 56.9 Å². The van der Waals surface area contributed by atoms with Crippen molar-refractivity contribution in [1.29, 1.82) is 0 Å². The second-order valence-corrected chi connectivity index (χ2v) is 14.6. The highest BCUT2D eigenvalue weighted by atomic mass is 35.5. The molecule has 11 heteroatoms. The molecule has 0 bridgehead atoms. The topological polar surface area (TPSA) is 66.9 Å². The van der Waals surface area contributed by atoms with Gasteiger partial charge in [-0.15, -0.1) is 6.58 Å². The van der Waals surface area contributed by atoms with E-state index in [1.807, 2.05) is 6.07 Å². The predicted molar refractivity (Wildman–Crippen MR) is 167 cm³/mol. The lowest BCUT2D eigenvalue weighted by Gasteiger charge is -2.49. The van der Waals surface area contributed by atoms with Gasteiger partial charge in [-0.2, -0.15) is 0 Å². The lowest BCUT2D eigenvalue weighted by molar-refractivity contribution is -0.179. The Morgan fingerprint density at radius 1 is 0.955 bits per heavy atom. The second kappa shape index (κ2) is 12.4. The molecule has 44 heavy (non-hydrogen) atoms. The largest absolute Gasteiger partial charge is 0.358 e. The van der Waals surface area contributed by atoms with Crippen molar-refractivity contribution in [3.8, 4) is 0 Å². The number of halogens is 4. The number of morpholine rings is 1. The first-order chi connectivity index (χ1) is 21.1. The number of nitrogens with zero attached hydrogens (tertiary/aromatic N) is 2. The van der Waals surface area contributed by atoms with E-state index in [1.165, 1.54) is 6.07 Å². The Hall–Kier alpha value is -2.98. The molecule has 6 rings (SSSR count). The van der Waals surface area contributed by atoms with Crippen molar-refractivity contribution in [3.05, 3.63) is 112 Å². The van der Waals surface area contributed by atoms with Gasteiger partial charge in [-0.1, -0.05) is 59.6 Å². The lowest BCUT2D eigenvalue weighted by Crippen LogP contribution is -2.58. The predicted octanol–water partition coefficient (Wildman–Crippen LogP) is 7.63. The van der Waals surface area contributed by atoms with Crippen LogP contribution in [0.1, 0.15) is 55.4 Å². The average Bonchev–Trinajstić information content (AvgIpc) is 3.90. The molecule has 6 nitrogen and oxygen atoms in total. The number of hydrogen-bond donors (Lipinski definition) is 0. The van der Waals surface area contributed by atoms with Crippen LogP contribution >= 0.6 is 23.2 Å². The Morgan fingerprint density at radius 2 is 1.61 bits per heavy atom. The number of sulfonamides is 1. The van der Waals surface area contributed by atoms with Gasteiger partial charge in [0.05, 0.1) is 23.9 Å². The third-order valence-electron chi connectivity index (χ3n) is 8.51. The van der Waals surface area contributed by atoms with Crippen molar-refractivity contribution in [2.45, 2.75) is 61.6 Å². The molecular weight excluding hydrogens is 629 g/mol. The van der Waals surface area contributed by atoms with Crippen molar-refractivity contribution < 1.29 is 26.7 Å². The van der Waals surface area contributed by atoms with E-state index >= 15 is 8.78 Å². The fraction of sp³-hybridized carbons (Fsp3) is 0.364. The number of para-hydroxylation sites is 1. The molecule has 232 valence electrons. The van der Waals surface area contributed by atoms with Gasteiger partial charge >= 0.3 is 0 Å². The summed E-state index contributed by atoms with van der Waals surface area (Å²) in [6.07, 6.45) is 2.47. The Morgan fingerprint density at radius 3 is 2.20 bits per heavy atom. The summed E-state index contributed by atoms with van der Waals surface area (Å²) in [5, 5.41) is 0.254. The molecule has 0 aromatic heterocycles. The number of carbonyl (C=O) groups is 1. The van der Waals surface area contributed by atoms with Crippen molar-refractivity contribution >= 4 is 44.8 Å². The first kappa shape index (κ1) is 31.0. The van der Waals surface area contributed by atoms with Crippen molar-refractivity contribution in [3.63, 3.8) is 0 Å². The Bertz CT molecular complexity index is 1640. The van der Waals surface area contributed by atoms with Crippen LogP contribution in [-0.4, -0.2) is 43.2 Å². The van der Waals surface area contributed by atoms with E-state index in [9.17, 15) is 13.2 Å². The number of anilines is 1. The minimum Gasteiger partial charge on any atom is -0.358 e. The highest BCUT2D eigenvalue weighted by molar-refractivity contribution is 7.93. The van der Waals surface area contributed by atoms with E-state index in [-0.39, 0.29) is 24.8 Å². The SMILES string of the molecule is C=CC[C@H]1O[C@H](c2cccc(Cl)c2)[C@@H](c2ccc(Cl)cc2)N([C@@H](CN(c2c(F)cccc2F)S(=O)(=O)C2CC2)C2CC2)C1=O. The molecule has 3 aromatic carbocycles. The van der Waals surface area contributed by atoms with Gasteiger partial charge in [-0.25, -0.2) is 17.2 Å². The van der Waals surface area contributed by atoms with Gasteiger partial charge in [0.15, 0.2) is 11.6 Å². The van der Waals surface area contributed by atoms with Crippen LogP contribution in [0.4, 0.5) is 14.5 Å². The fourth-order valence-electron chi connectivity index (χ4n) is 6.09. The monoisotopic (exact) mass is 660 g/mol. The number of carbonyl (C=O) groups excluding carboxylic acids is 1. The van der Waals surface area contributed by atoms with Gasteiger partial charge < -0.3 is 9.64 Å². The van der Waals surface area contributed by atoms with Gasteiger partial charge in [0, 0.05) is 16.5 Å². The molecule has 2 saturated carbocycles. The summed E-state index contributed by atoms with van der Waals surface area (Å²) in [7, 11) is -4.13. The molecular formula is C33H32Cl2F2N2O4S. The van der Waals surface area contributed by atoms with Crippen molar-refractivity contribution in [2.75, 3.05) is 10.8 Å². The van der Waals surface area contributed by atoms with Crippen LogP contribution in [0.25, 0.3) is 0 Å². The van der Waals surface area contributed by atoms with Crippen molar-refractivity contribution in [1.82, 2.24) is 4.90 Å². The summed E-state index contributed by atoms with van der Waals surface area (Å²) in [5.74, 6) is -2.40. The van der Waals surface area contributed by atoms with Crippen LogP contribution in [0, 0.1) is 17.6 Å². The van der Waals surface area contributed by atoms with Gasteiger partial charge in [0.25, 0.3) is 5.91 Å². The number of amides is 1. The fourth-order valence-corrected chi connectivity index (χ4v) is 8.29. The molecule has 1 saturated heterocycles. The highest BCUT2D eigenvalue weighted by Gasteiger charge is 2.52. The Kier molecular flexibility index (Phi) is 8.76. The summed E-state index contributed by atoms with van der Waals surface area (Å²) in [6, 6.07) is 16.1. The molecule has 0 unspecified atom stereocenters. The molecule has 2 aliphatic carbocycles. The third-order valence-corrected chi connectivity index (χ3v) is 11.3. The second-order valence-electron chi connectivity index (χ2n) is 11.6. The maximum Gasteiger partial charge on any atom is 0.252 e. The summed E-state index contributed by atoms with van der Waals surface area (Å²) >= 11 is 12.6. The maximum atomic E-state index is 15.3. The molecule has 3 fully saturated rings. The standard InChI is InChI=1S/C33H32Cl2F2N2O4S/c1-2-5-29-33(40)39(30(21-12-14-23(34)15-13-21)32(43-29)22-6-3-7-24(35)18-22)28(20-10-11-20)19-38(44(41,42)25-16-17-25)31-26(36)8-4-9-27(31)37/h2-4,6-9,12-15,18,20,25,28-30,32H,1,5,10-11,16-17,19H2/t28-,29+,30+,32+/m0/s1. The average molecular weight is 662 g/mol. The van der Waals surface area contributed by atoms with Gasteiger partial charge in [-0.05, 0) is 79.1 Å². The Labute approximate surface area is 266 Å². The van der Waals surface area contributed by atoms with Crippen LogP contribution in [0.3, 0.4) is 0 Å². The van der Waals surface area contributed by atoms with Crippen LogP contribution in [0.5, 0.6) is 0 Å². The quantitative estimate of drug-likeness (QED) is 0.198. The molecule has 1 amide bonds. The first-order valence-electron chi connectivity index (χ1n) is 14.6. The van der Waals surface area contributed by atoms with Gasteiger partial charge in [0.2, 0.25) is 10.0 Å². The van der Waals surface area contributed by atoms with Crippen LogP contribution < -0.4 is 4.31 Å². The van der Waals surface area contributed by atoms with Gasteiger partial charge in [-0.3, -0.25) is 9.10 Å². The molecule has 0 spiro atoms. The van der Waals surface area contributed by atoms with E-state index in [2.05, 4.69) is 6.58 Å². The first-order valence-corrected chi connectivity index (χ1v) is 16.9. The van der Waals surface area contributed by atoms with Crippen molar-refractivity contribution in [2.24, 2.45) is 5.92 Å². The molecule has 3 aromatic rings. The smallest absolute Gasteiger partial charge is 0.252 e. The van der Waals surface area contributed by atoms with E-state index in [1.54, 1.807) is 53.4 Å². The molecule has 3 aliphatic rings. The van der Waals surface area contributed by atoms with Crippen LogP contribution in [0.2, 0.25) is 10.0 Å². The lowest BCUT2D eigenvalue weighted by atomic mass is 9.89. The zero-order valence-electron chi connectivity index (χ0n) is 23.8. The molecule has 0 radical (unpaired) electrons. The minimum absolute atomic E-state index is 0.0945. The molecule has 1 heterocycles. The molecule has 0 N–H and O–H groups in total. The number of rotatable bonds is 11. The summed E-state index contributed by atoms with van der Waals surface area (Å²) in [6.45, 7) is 3.51. The molecule has 1 aliphatic heterocycles.